The van der Waals surface area contributed by atoms with Crippen molar-refractivity contribution in [1.29, 1.82) is 0 Å². The molecule has 0 aromatic heterocycles. The third kappa shape index (κ3) is 2.39. The minimum absolute atomic E-state index is 0.116. The van der Waals surface area contributed by atoms with Gasteiger partial charge in [0.15, 0.2) is 0 Å². The second kappa shape index (κ2) is 4.65. The Morgan fingerprint density at radius 1 is 1.57 bits per heavy atom. The first-order valence-corrected chi connectivity index (χ1v) is 5.75. The Bertz CT molecular complexity index is 359. The van der Waals surface area contributed by atoms with E-state index >= 15 is 0 Å². The van der Waals surface area contributed by atoms with E-state index in [2.05, 4.69) is 15.9 Å². The molecule has 0 N–H and O–H groups in total. The molecule has 0 spiro atoms. The van der Waals surface area contributed by atoms with Crippen molar-refractivity contribution < 1.29 is 4.92 Å². The van der Waals surface area contributed by atoms with Crippen molar-refractivity contribution in [1.82, 2.24) is 0 Å². The fraction of sp³-hybridized carbons (Fsp3) is 0.250. The van der Waals surface area contributed by atoms with Crippen LogP contribution in [0.4, 0.5) is 11.4 Å². The van der Waals surface area contributed by atoms with E-state index in [0.29, 0.717) is 5.69 Å². The molecule has 0 amide bonds. The van der Waals surface area contributed by atoms with Crippen molar-refractivity contribution in [3.8, 4) is 0 Å². The highest BCUT2D eigenvalue weighted by atomic mass is 79.9. The van der Waals surface area contributed by atoms with E-state index in [1.807, 2.05) is 6.26 Å². The quantitative estimate of drug-likeness (QED) is 0.484. The highest BCUT2D eigenvalue weighted by Gasteiger charge is 2.16. The Morgan fingerprint density at radius 3 is 2.71 bits per heavy atom. The molecule has 0 bridgehead atoms. The summed E-state index contributed by atoms with van der Waals surface area (Å²) in [6.45, 7) is 0. The number of nitrogens with zero attached hydrogens (tertiary/aromatic N) is 2. The van der Waals surface area contributed by atoms with Crippen molar-refractivity contribution in [2.75, 3.05) is 17.6 Å². The molecule has 0 saturated heterocycles. The number of benzene rings is 1. The van der Waals surface area contributed by atoms with E-state index in [-0.39, 0.29) is 10.6 Å². The Morgan fingerprint density at radius 2 is 2.21 bits per heavy atom. The van der Waals surface area contributed by atoms with E-state index in [9.17, 15) is 10.1 Å². The predicted octanol–water partition coefficient (Wildman–Crippen LogP) is 3.07. The molecule has 0 aliphatic rings. The Kier molecular flexibility index (Phi) is 3.77. The molecule has 0 aliphatic carbocycles. The van der Waals surface area contributed by atoms with Gasteiger partial charge in [0.2, 0.25) is 0 Å². The van der Waals surface area contributed by atoms with Gasteiger partial charge in [-0.25, -0.2) is 0 Å². The Labute approximate surface area is 94.7 Å². The zero-order valence-electron chi connectivity index (χ0n) is 7.73. The summed E-state index contributed by atoms with van der Waals surface area (Å²) in [6.07, 6.45) is 1.87. The number of hydrogen-bond donors (Lipinski definition) is 0. The van der Waals surface area contributed by atoms with Crippen molar-refractivity contribution in [2.24, 2.45) is 0 Å². The summed E-state index contributed by atoms with van der Waals surface area (Å²) in [5.74, 6) is 0. The van der Waals surface area contributed by atoms with Gasteiger partial charge in [-0.1, -0.05) is 27.9 Å². The maximum Gasteiger partial charge on any atom is 0.293 e. The second-order valence-electron chi connectivity index (χ2n) is 2.57. The summed E-state index contributed by atoms with van der Waals surface area (Å²) in [5, 5.41) is 10.7. The molecule has 0 aliphatic heterocycles. The average Bonchev–Trinajstić information content (AvgIpc) is 2.16. The number of hydrogen-bond acceptors (Lipinski definition) is 4. The standard InChI is InChI=1S/C8H9BrN2O2S/c1-10(14-2)8-5-6(9)3-4-7(8)11(12)13/h3-5H,1-2H3. The largest absolute Gasteiger partial charge is 0.314 e. The lowest BCUT2D eigenvalue weighted by molar-refractivity contribution is -0.384. The minimum Gasteiger partial charge on any atom is -0.314 e. The highest BCUT2D eigenvalue weighted by Crippen LogP contribution is 2.32. The number of halogens is 1. The van der Waals surface area contributed by atoms with Crippen LogP contribution in [0, 0.1) is 10.1 Å². The van der Waals surface area contributed by atoms with Crippen LogP contribution in [0.5, 0.6) is 0 Å². The van der Waals surface area contributed by atoms with Gasteiger partial charge >= 0.3 is 0 Å². The van der Waals surface area contributed by atoms with Crippen LogP contribution >= 0.6 is 27.9 Å². The maximum absolute atomic E-state index is 10.7. The predicted molar refractivity (Wildman–Crippen MR) is 62.7 cm³/mol. The molecule has 0 radical (unpaired) electrons. The topological polar surface area (TPSA) is 46.4 Å². The van der Waals surface area contributed by atoms with Gasteiger partial charge in [-0.15, -0.1) is 0 Å². The van der Waals surface area contributed by atoms with E-state index in [1.165, 1.54) is 18.0 Å². The number of nitro benzene ring substituents is 1. The first-order chi connectivity index (χ1) is 6.56. The van der Waals surface area contributed by atoms with Crippen LogP contribution in [0.15, 0.2) is 22.7 Å². The molecule has 1 aromatic rings. The SMILES string of the molecule is CSN(C)c1cc(Br)ccc1[N+](=O)[O-]. The van der Waals surface area contributed by atoms with E-state index < -0.39 is 0 Å². The van der Waals surface area contributed by atoms with Crippen molar-refractivity contribution in [3.63, 3.8) is 0 Å². The number of nitro groups is 1. The summed E-state index contributed by atoms with van der Waals surface area (Å²) in [4.78, 5) is 10.3. The van der Waals surface area contributed by atoms with Gasteiger partial charge in [-0.3, -0.25) is 10.1 Å². The normalized spacial score (nSPS) is 9.93. The van der Waals surface area contributed by atoms with Crippen molar-refractivity contribution >= 4 is 39.3 Å². The van der Waals surface area contributed by atoms with Gasteiger partial charge in [0.05, 0.1) is 4.92 Å². The van der Waals surface area contributed by atoms with Crippen LogP contribution in [-0.2, 0) is 0 Å². The number of anilines is 1. The average molecular weight is 277 g/mol. The molecule has 0 heterocycles. The molecular weight excluding hydrogens is 268 g/mol. The third-order valence-corrected chi connectivity index (χ3v) is 2.98. The van der Waals surface area contributed by atoms with Gasteiger partial charge in [0.25, 0.3) is 5.69 Å². The van der Waals surface area contributed by atoms with Crippen molar-refractivity contribution in [3.05, 3.63) is 32.8 Å². The van der Waals surface area contributed by atoms with Gasteiger partial charge < -0.3 is 4.31 Å². The van der Waals surface area contributed by atoms with Crippen LogP contribution in [0.25, 0.3) is 0 Å². The highest BCUT2D eigenvalue weighted by molar-refractivity contribution is 9.10. The Hall–Kier alpha value is -0.750. The van der Waals surface area contributed by atoms with Crippen LogP contribution < -0.4 is 4.31 Å². The molecule has 1 aromatic carbocycles. The first-order valence-electron chi connectivity index (χ1n) is 3.78. The fourth-order valence-electron chi connectivity index (χ4n) is 1.00. The van der Waals surface area contributed by atoms with E-state index in [0.717, 1.165) is 4.47 Å². The lowest BCUT2D eigenvalue weighted by atomic mass is 10.3. The van der Waals surface area contributed by atoms with Gasteiger partial charge in [0.1, 0.15) is 5.69 Å². The molecule has 0 fully saturated rings. The summed E-state index contributed by atoms with van der Waals surface area (Å²) >= 11 is 4.71. The van der Waals surface area contributed by atoms with Crippen LogP contribution in [0.3, 0.4) is 0 Å². The molecule has 1 rings (SSSR count). The zero-order chi connectivity index (χ0) is 10.7. The summed E-state index contributed by atoms with van der Waals surface area (Å²) < 4.78 is 2.59. The molecular formula is C8H9BrN2O2S. The summed E-state index contributed by atoms with van der Waals surface area (Å²) in [7, 11) is 1.79. The second-order valence-corrected chi connectivity index (χ2v) is 4.40. The van der Waals surface area contributed by atoms with Gasteiger partial charge in [-0.2, -0.15) is 0 Å². The molecule has 0 saturated carbocycles. The zero-order valence-corrected chi connectivity index (χ0v) is 10.1. The van der Waals surface area contributed by atoms with Crippen LogP contribution in [-0.4, -0.2) is 18.2 Å². The van der Waals surface area contributed by atoms with E-state index in [1.54, 1.807) is 23.5 Å². The fourth-order valence-corrected chi connectivity index (χ4v) is 1.69. The van der Waals surface area contributed by atoms with Crippen LogP contribution in [0.2, 0.25) is 0 Å². The smallest absolute Gasteiger partial charge is 0.293 e. The molecule has 0 unspecified atom stereocenters. The summed E-state index contributed by atoms with van der Waals surface area (Å²) in [6, 6.07) is 4.89. The maximum atomic E-state index is 10.7. The monoisotopic (exact) mass is 276 g/mol. The lowest BCUT2D eigenvalue weighted by Gasteiger charge is -2.15. The molecule has 0 atom stereocenters. The lowest BCUT2D eigenvalue weighted by Crippen LogP contribution is -2.07. The molecule has 14 heavy (non-hydrogen) atoms. The van der Waals surface area contributed by atoms with Crippen LogP contribution in [0.1, 0.15) is 0 Å². The number of rotatable bonds is 3. The molecule has 4 nitrogen and oxygen atoms in total. The molecule has 6 heteroatoms. The molecule has 76 valence electrons. The third-order valence-electron chi connectivity index (χ3n) is 1.75. The first kappa shape index (κ1) is 11.3. The summed E-state index contributed by atoms with van der Waals surface area (Å²) in [5.41, 5.74) is 0.710. The van der Waals surface area contributed by atoms with Gasteiger partial charge in [-0.05, 0) is 12.1 Å². The minimum atomic E-state index is -0.380. The van der Waals surface area contributed by atoms with Gasteiger partial charge in [0, 0.05) is 23.8 Å². The van der Waals surface area contributed by atoms with Crippen molar-refractivity contribution in [2.45, 2.75) is 0 Å². The Balaban J connectivity index is 3.22. The van der Waals surface area contributed by atoms with E-state index in [4.69, 9.17) is 0 Å².